The van der Waals surface area contributed by atoms with Crippen LogP contribution in [0.1, 0.15) is 54.5 Å². The van der Waals surface area contributed by atoms with Gasteiger partial charge in [-0.05, 0) is 42.7 Å². The second kappa shape index (κ2) is 8.08. The van der Waals surface area contributed by atoms with Gasteiger partial charge in [-0.1, -0.05) is 19.9 Å². The van der Waals surface area contributed by atoms with Gasteiger partial charge in [0.2, 0.25) is 5.88 Å². The molecule has 3 rings (SSSR count). The molecule has 1 aliphatic carbocycles. The third-order valence-corrected chi connectivity index (χ3v) is 5.02. The van der Waals surface area contributed by atoms with E-state index in [1.165, 1.54) is 0 Å². The van der Waals surface area contributed by atoms with E-state index >= 15 is 0 Å². The second-order valence-electron chi connectivity index (χ2n) is 7.71. The number of aliphatic hydroxyl groups is 1. The lowest BCUT2D eigenvalue weighted by atomic mass is 9.75. The molecule has 2 aromatic heterocycles. The number of carbonyl (C=O) groups excluding carboxylic acids is 1. The van der Waals surface area contributed by atoms with Crippen LogP contribution in [-0.4, -0.2) is 39.0 Å². The molecule has 1 amide bonds. The number of ether oxygens (including phenoxy) is 1. The molecule has 0 aromatic carbocycles. The van der Waals surface area contributed by atoms with Gasteiger partial charge in [-0.15, -0.1) is 0 Å². The van der Waals surface area contributed by atoms with Crippen LogP contribution in [0.15, 0.2) is 24.4 Å². The Balaban J connectivity index is 1.79. The summed E-state index contributed by atoms with van der Waals surface area (Å²) in [5.74, 6) is 1.03. The largest absolute Gasteiger partial charge is 0.481 e. The summed E-state index contributed by atoms with van der Waals surface area (Å²) in [6.07, 6.45) is 3.60. The van der Waals surface area contributed by atoms with Gasteiger partial charge < -0.3 is 15.2 Å². The number of methoxy groups -OCH3 is 1. The monoisotopic (exact) mass is 372 g/mol. The lowest BCUT2D eigenvalue weighted by Gasteiger charge is -2.38. The number of carbonyl (C=O) groups is 1. The Morgan fingerprint density at radius 3 is 2.70 bits per heavy atom. The number of aryl methyl sites for hydroxylation is 1. The van der Waals surface area contributed by atoms with Gasteiger partial charge in [-0.3, -0.25) is 9.48 Å². The zero-order valence-corrected chi connectivity index (χ0v) is 16.3. The zero-order valence-electron chi connectivity index (χ0n) is 16.3. The molecule has 1 saturated carbocycles. The SMILES string of the molecule is COc1ccc([C@H](NC(=O)c2cc(CC(C)C)nn2C)C2CC(O)C2)cn1. The maximum absolute atomic E-state index is 12.9. The molecule has 0 aliphatic heterocycles. The van der Waals surface area contributed by atoms with Crippen LogP contribution in [0.25, 0.3) is 0 Å². The van der Waals surface area contributed by atoms with Crippen molar-refractivity contribution in [3.63, 3.8) is 0 Å². The molecule has 2 aromatic rings. The van der Waals surface area contributed by atoms with Crippen molar-refractivity contribution in [1.29, 1.82) is 0 Å². The molecule has 1 aliphatic rings. The Morgan fingerprint density at radius 1 is 1.41 bits per heavy atom. The number of rotatable bonds is 7. The van der Waals surface area contributed by atoms with Crippen LogP contribution in [0.4, 0.5) is 0 Å². The van der Waals surface area contributed by atoms with Crippen LogP contribution in [0.2, 0.25) is 0 Å². The third kappa shape index (κ3) is 4.47. The normalized spacial score (nSPS) is 20.2. The average Bonchev–Trinajstić information content (AvgIpc) is 2.97. The van der Waals surface area contributed by atoms with Crippen molar-refractivity contribution in [2.75, 3.05) is 7.11 Å². The van der Waals surface area contributed by atoms with E-state index in [0.29, 0.717) is 30.3 Å². The molecule has 2 heterocycles. The molecule has 0 radical (unpaired) electrons. The first kappa shape index (κ1) is 19.4. The second-order valence-corrected chi connectivity index (χ2v) is 7.71. The molecular weight excluding hydrogens is 344 g/mol. The molecule has 146 valence electrons. The Morgan fingerprint density at radius 2 is 2.15 bits per heavy atom. The zero-order chi connectivity index (χ0) is 19.6. The van der Waals surface area contributed by atoms with Gasteiger partial charge in [-0.2, -0.15) is 5.10 Å². The average molecular weight is 372 g/mol. The van der Waals surface area contributed by atoms with Gasteiger partial charge in [0.15, 0.2) is 0 Å². The lowest BCUT2D eigenvalue weighted by molar-refractivity contribution is 0.0233. The van der Waals surface area contributed by atoms with E-state index in [0.717, 1.165) is 17.7 Å². The third-order valence-electron chi connectivity index (χ3n) is 5.02. The number of hydrogen-bond donors (Lipinski definition) is 2. The molecular formula is C20H28N4O3. The Hall–Kier alpha value is -2.41. The van der Waals surface area contributed by atoms with Gasteiger partial charge in [0.1, 0.15) is 5.69 Å². The van der Waals surface area contributed by atoms with Gasteiger partial charge in [0.05, 0.1) is 24.9 Å². The fourth-order valence-corrected chi connectivity index (χ4v) is 3.54. The highest BCUT2D eigenvalue weighted by Crippen LogP contribution is 2.38. The van der Waals surface area contributed by atoms with E-state index in [2.05, 4.69) is 29.2 Å². The summed E-state index contributed by atoms with van der Waals surface area (Å²) in [5, 5.41) is 17.3. The summed E-state index contributed by atoms with van der Waals surface area (Å²) in [7, 11) is 3.36. The molecule has 1 fully saturated rings. The maximum Gasteiger partial charge on any atom is 0.270 e. The van der Waals surface area contributed by atoms with E-state index in [-0.39, 0.29) is 24.0 Å². The maximum atomic E-state index is 12.9. The van der Waals surface area contributed by atoms with Crippen molar-refractivity contribution < 1.29 is 14.6 Å². The molecule has 1 atom stereocenters. The smallest absolute Gasteiger partial charge is 0.270 e. The predicted molar refractivity (Wildman–Crippen MR) is 101 cm³/mol. The molecule has 0 unspecified atom stereocenters. The highest BCUT2D eigenvalue weighted by atomic mass is 16.5. The minimum atomic E-state index is -0.296. The highest BCUT2D eigenvalue weighted by molar-refractivity contribution is 5.93. The molecule has 0 spiro atoms. The van der Waals surface area contributed by atoms with Gasteiger partial charge >= 0.3 is 0 Å². The lowest BCUT2D eigenvalue weighted by Crippen LogP contribution is -2.41. The van der Waals surface area contributed by atoms with Crippen LogP contribution in [0.5, 0.6) is 5.88 Å². The van der Waals surface area contributed by atoms with E-state index < -0.39 is 0 Å². The summed E-state index contributed by atoms with van der Waals surface area (Å²) in [6.45, 7) is 4.26. The number of aromatic nitrogens is 3. The molecule has 7 nitrogen and oxygen atoms in total. The van der Waals surface area contributed by atoms with Crippen molar-refractivity contribution in [3.8, 4) is 5.88 Å². The van der Waals surface area contributed by atoms with Crippen LogP contribution >= 0.6 is 0 Å². The number of amides is 1. The summed E-state index contributed by atoms with van der Waals surface area (Å²) in [5.41, 5.74) is 2.36. The van der Waals surface area contributed by atoms with Crippen molar-refractivity contribution in [2.45, 2.75) is 45.3 Å². The molecule has 0 bridgehead atoms. The van der Waals surface area contributed by atoms with Crippen LogP contribution in [-0.2, 0) is 13.5 Å². The van der Waals surface area contributed by atoms with E-state index in [9.17, 15) is 9.90 Å². The number of aliphatic hydroxyl groups excluding tert-OH is 1. The Kier molecular flexibility index (Phi) is 5.79. The van der Waals surface area contributed by atoms with Gasteiger partial charge in [-0.25, -0.2) is 4.98 Å². The quantitative estimate of drug-likeness (QED) is 0.778. The van der Waals surface area contributed by atoms with E-state index in [1.807, 2.05) is 12.1 Å². The van der Waals surface area contributed by atoms with Crippen LogP contribution in [0.3, 0.4) is 0 Å². The molecule has 2 N–H and O–H groups in total. The number of pyridine rings is 1. The van der Waals surface area contributed by atoms with E-state index in [4.69, 9.17) is 4.74 Å². The molecule has 7 heteroatoms. The molecule has 27 heavy (non-hydrogen) atoms. The first-order valence-corrected chi connectivity index (χ1v) is 9.39. The fraction of sp³-hybridized carbons (Fsp3) is 0.550. The van der Waals surface area contributed by atoms with E-state index in [1.54, 1.807) is 31.1 Å². The van der Waals surface area contributed by atoms with Crippen molar-refractivity contribution in [1.82, 2.24) is 20.1 Å². The first-order valence-electron chi connectivity index (χ1n) is 9.39. The fourth-order valence-electron chi connectivity index (χ4n) is 3.54. The minimum Gasteiger partial charge on any atom is -0.481 e. The number of hydrogen-bond acceptors (Lipinski definition) is 5. The summed E-state index contributed by atoms with van der Waals surface area (Å²) in [6, 6.07) is 5.35. The summed E-state index contributed by atoms with van der Waals surface area (Å²) >= 11 is 0. The van der Waals surface area contributed by atoms with Crippen LogP contribution < -0.4 is 10.1 Å². The number of nitrogens with one attached hydrogen (secondary N) is 1. The predicted octanol–water partition coefficient (Wildman–Crippen LogP) is 2.26. The summed E-state index contributed by atoms with van der Waals surface area (Å²) < 4.78 is 6.75. The standard InChI is InChI=1S/C20H28N4O3/c1-12(2)7-15-10-17(24(3)23-15)20(26)22-19(14-8-16(25)9-14)13-5-6-18(27-4)21-11-13/h5-6,10-12,14,16,19,25H,7-9H2,1-4H3,(H,22,26)/t14?,16?,19-/m0/s1. The highest BCUT2D eigenvalue weighted by Gasteiger charge is 2.36. The number of nitrogens with zero attached hydrogens (tertiary/aromatic N) is 3. The van der Waals surface area contributed by atoms with Gasteiger partial charge in [0, 0.05) is 19.3 Å². The van der Waals surface area contributed by atoms with Crippen molar-refractivity contribution in [2.24, 2.45) is 18.9 Å². The topological polar surface area (TPSA) is 89.3 Å². The minimum absolute atomic E-state index is 0.165. The Labute approximate surface area is 159 Å². The Bertz CT molecular complexity index is 779. The first-order chi connectivity index (χ1) is 12.9. The molecule has 0 saturated heterocycles. The van der Waals surface area contributed by atoms with Gasteiger partial charge in [0.25, 0.3) is 5.91 Å². The summed E-state index contributed by atoms with van der Waals surface area (Å²) in [4.78, 5) is 17.2. The van der Waals surface area contributed by atoms with Crippen LogP contribution in [0, 0.1) is 11.8 Å². The van der Waals surface area contributed by atoms with Crippen molar-refractivity contribution >= 4 is 5.91 Å². The van der Waals surface area contributed by atoms with Crippen molar-refractivity contribution in [3.05, 3.63) is 41.3 Å².